The molecule has 108 heavy (non-hydrogen) atoms. The zero-order valence-corrected chi connectivity index (χ0v) is 62.3. The van der Waals surface area contributed by atoms with Gasteiger partial charge in [-0.2, -0.15) is 0 Å². The fraction of sp³-hybridized carbons (Fsp3) is 0.135. The summed E-state index contributed by atoms with van der Waals surface area (Å²) in [5.41, 5.74) is 13.8. The minimum atomic E-state index is 0.869. The van der Waals surface area contributed by atoms with Crippen LogP contribution >= 0.6 is 0 Å². The third kappa shape index (κ3) is 29.2. The molecule has 4 heteroatoms. The third-order valence-electron chi connectivity index (χ3n) is 18.3. The summed E-state index contributed by atoms with van der Waals surface area (Å²) in [5, 5.41) is 7.54. The lowest BCUT2D eigenvalue weighted by atomic mass is 9.92. The Morgan fingerprint density at radius 1 is 0.241 bits per heavy atom. The monoisotopic (exact) mass is 1410 g/mol. The van der Waals surface area contributed by atoms with E-state index in [0.717, 1.165) is 23.4 Å². The van der Waals surface area contributed by atoms with Gasteiger partial charge >= 0.3 is 0 Å². The lowest BCUT2D eigenvalue weighted by Gasteiger charge is -2.13. The van der Waals surface area contributed by atoms with Gasteiger partial charge in [-0.05, 0) is 177 Å². The van der Waals surface area contributed by atoms with Crippen LogP contribution in [0, 0.1) is 0 Å². The quantitative estimate of drug-likeness (QED) is 0.187. The number of aromatic nitrogens is 3. The predicted octanol–water partition coefficient (Wildman–Crippen LogP) is 28.4. The molecule has 0 amide bonds. The average Bonchev–Trinajstić information content (AvgIpc) is 1.80. The van der Waals surface area contributed by atoms with E-state index in [0.29, 0.717) is 0 Å². The summed E-state index contributed by atoms with van der Waals surface area (Å²) < 4.78 is 5.58. The number of ether oxygens (including phenoxy) is 1. The summed E-state index contributed by atoms with van der Waals surface area (Å²) in [6.07, 6.45) is 26.8. The largest absolute Gasteiger partial charge is 0.457 e. The molecule has 3 aliphatic carbocycles. The van der Waals surface area contributed by atoms with Gasteiger partial charge in [-0.15, -0.1) is 0 Å². The van der Waals surface area contributed by atoms with Crippen molar-refractivity contribution in [3.63, 3.8) is 0 Å². The molecular formula is C104H101N3O. The van der Waals surface area contributed by atoms with Crippen molar-refractivity contribution in [2.24, 2.45) is 0 Å². The summed E-state index contributed by atoms with van der Waals surface area (Å²) in [5.74, 6) is 1.74. The molecule has 3 aliphatic rings. The Morgan fingerprint density at radius 2 is 0.565 bits per heavy atom. The lowest BCUT2D eigenvalue weighted by molar-refractivity contribution is 0.482. The van der Waals surface area contributed by atoms with Crippen molar-refractivity contribution in [1.82, 2.24) is 15.0 Å². The zero-order chi connectivity index (χ0) is 74.0. The van der Waals surface area contributed by atoms with Gasteiger partial charge in [0.15, 0.2) is 0 Å². The fourth-order valence-electron chi connectivity index (χ4n) is 12.6. The Hall–Kier alpha value is -12.5. The first kappa shape index (κ1) is 78.1. The summed E-state index contributed by atoms with van der Waals surface area (Å²) in [6, 6.07) is 140. The van der Waals surface area contributed by atoms with Gasteiger partial charge in [-0.3, -0.25) is 9.97 Å². The van der Waals surface area contributed by atoms with Crippen LogP contribution in [0.2, 0.25) is 0 Å². The SMILES string of the molecule is C1CCCCC1.c1ccc(-c2ccccc2)cc1.c1ccc(Cc2ccccc2)cc1.c1ccc(Oc2ccccc2)cc1.c1ccc2[nH]ccc2c1.c1ccc2c(c1)CCC2.c1ccc2c(c1)CCCC2.c1ccc2ccccc2c1.c1ccc2cnccc2c1.c1ccc2ncccc2c1.c1ccccc1. The number of H-pyrrole nitrogens is 1. The number of hydrogen-bond donors (Lipinski definition) is 1. The number of nitrogens with one attached hydrogen (secondary N) is 1. The minimum absolute atomic E-state index is 0.869. The first-order chi connectivity index (χ1) is 53.7. The number of pyridine rings is 2. The molecule has 3 aromatic heterocycles. The molecule has 0 aliphatic heterocycles. The van der Waals surface area contributed by atoms with E-state index in [1.54, 1.807) is 22.3 Å². The molecule has 0 spiro atoms. The van der Waals surface area contributed by atoms with Gasteiger partial charge in [0.2, 0.25) is 0 Å². The van der Waals surface area contributed by atoms with Gasteiger partial charge in [-0.25, -0.2) is 0 Å². The number of para-hydroxylation sites is 4. The molecule has 1 saturated carbocycles. The van der Waals surface area contributed by atoms with E-state index in [1.165, 1.54) is 144 Å². The van der Waals surface area contributed by atoms with Gasteiger partial charge in [0.1, 0.15) is 11.5 Å². The first-order valence-corrected chi connectivity index (χ1v) is 38.3. The molecule has 1 fully saturated rings. The van der Waals surface area contributed by atoms with Crippen LogP contribution in [0.5, 0.6) is 11.5 Å². The van der Waals surface area contributed by atoms with Crippen LogP contribution in [0.4, 0.5) is 0 Å². The van der Waals surface area contributed by atoms with E-state index in [1.807, 2.05) is 189 Å². The smallest absolute Gasteiger partial charge is 0.127 e. The number of hydrogen-bond acceptors (Lipinski definition) is 3. The van der Waals surface area contributed by atoms with E-state index in [4.69, 9.17) is 4.74 Å². The van der Waals surface area contributed by atoms with Crippen molar-refractivity contribution < 1.29 is 4.74 Å². The number of rotatable bonds is 5. The summed E-state index contributed by atoms with van der Waals surface area (Å²) >= 11 is 0. The molecule has 0 bridgehead atoms. The van der Waals surface area contributed by atoms with E-state index in [9.17, 15) is 0 Å². The van der Waals surface area contributed by atoms with Gasteiger partial charge < -0.3 is 9.72 Å². The molecule has 0 unspecified atom stereocenters. The van der Waals surface area contributed by atoms with E-state index >= 15 is 0 Å². The molecule has 0 saturated heterocycles. The average molecular weight is 1410 g/mol. The second-order valence-corrected chi connectivity index (χ2v) is 26.3. The standard InChI is InChI=1S/C13H12.C12H10O.C12H10.C10H12.C10H8.2C9H7N.C9H10.C8H7N.C6H12.C6H6/c1-3-7-12(8-4-1)11-13-9-5-2-6-10-13;1-3-7-11(8-4-1)13-12-9-5-2-6-10-12;1-3-7-11(8-4-1)12-9-5-2-6-10-12;2*1-2-6-10-8-4-3-7-9(10)5-1;1-2-6-9-8(4-1)5-3-7-10-9;1-2-4-9-7-10-6-5-8(9)3-1;1-2-5-9-7-3-6-8(9)4-1;1-2-4-8-7(3-1)5-6-9-8;2*1-2-4-6-5-3-1/h1-10H,11H2;1-10H;1-10H;1-2,5-6H,3-4,7-8H2;1-8H;2*1-7H;1-2,4-5H,3,6-7H2;1-6,9H;1-6H2;1-6H. The van der Waals surface area contributed by atoms with E-state index < -0.39 is 0 Å². The number of fused-ring (bicyclic) bond motifs is 6. The Kier molecular flexibility index (Phi) is 34.5. The van der Waals surface area contributed by atoms with Crippen molar-refractivity contribution in [2.75, 3.05) is 0 Å². The van der Waals surface area contributed by atoms with Crippen LogP contribution in [0.25, 0.3) is 54.5 Å². The molecule has 20 rings (SSSR count). The minimum Gasteiger partial charge on any atom is -0.457 e. The second-order valence-electron chi connectivity index (χ2n) is 26.3. The summed E-state index contributed by atoms with van der Waals surface area (Å²) in [6.45, 7) is 0. The van der Waals surface area contributed by atoms with Crippen molar-refractivity contribution in [1.29, 1.82) is 0 Å². The van der Waals surface area contributed by atoms with Crippen LogP contribution < -0.4 is 4.74 Å². The molecule has 14 aromatic carbocycles. The van der Waals surface area contributed by atoms with E-state index in [2.05, 4.69) is 264 Å². The van der Waals surface area contributed by atoms with Crippen molar-refractivity contribution in [3.05, 3.63) is 471 Å². The molecule has 0 radical (unpaired) electrons. The Labute approximate surface area is 642 Å². The van der Waals surface area contributed by atoms with Crippen molar-refractivity contribution in [3.8, 4) is 22.6 Å². The highest BCUT2D eigenvalue weighted by Gasteiger charge is 2.08. The maximum absolute atomic E-state index is 5.58. The Bertz CT molecular complexity index is 4460. The zero-order valence-electron chi connectivity index (χ0n) is 62.3. The Morgan fingerprint density at radius 3 is 0.981 bits per heavy atom. The maximum atomic E-state index is 5.58. The normalized spacial score (nSPS) is 11.6. The first-order valence-electron chi connectivity index (χ1n) is 38.3. The van der Waals surface area contributed by atoms with Crippen LogP contribution in [-0.4, -0.2) is 15.0 Å². The second kappa shape index (κ2) is 47.8. The Balaban J connectivity index is 0.000000128. The highest BCUT2D eigenvalue weighted by Crippen LogP contribution is 2.24. The third-order valence-corrected chi connectivity index (χ3v) is 18.3. The molecule has 17 aromatic rings. The molecule has 1 N–H and O–H groups in total. The number of nitrogens with zero attached hydrogens (tertiary/aromatic N) is 2. The van der Waals surface area contributed by atoms with Crippen LogP contribution in [-0.2, 0) is 32.1 Å². The van der Waals surface area contributed by atoms with Gasteiger partial charge in [0.25, 0.3) is 0 Å². The van der Waals surface area contributed by atoms with Crippen molar-refractivity contribution in [2.45, 2.75) is 89.9 Å². The highest BCUT2D eigenvalue weighted by atomic mass is 16.5. The fourth-order valence-corrected chi connectivity index (χ4v) is 12.6. The molecular weight excluding hydrogens is 1310 g/mol. The number of aromatic amines is 1. The molecule has 538 valence electrons. The lowest BCUT2D eigenvalue weighted by Crippen LogP contribution is -2.00. The molecule has 3 heterocycles. The molecule has 0 atom stereocenters. The van der Waals surface area contributed by atoms with E-state index in [-0.39, 0.29) is 0 Å². The molecule has 4 nitrogen and oxygen atoms in total. The van der Waals surface area contributed by atoms with Gasteiger partial charge in [0.05, 0.1) is 5.52 Å². The summed E-state index contributed by atoms with van der Waals surface area (Å²) in [7, 11) is 0. The van der Waals surface area contributed by atoms with Gasteiger partial charge in [0, 0.05) is 35.7 Å². The predicted molar refractivity (Wildman–Crippen MR) is 462 cm³/mol. The number of aryl methyl sites for hydroxylation is 4. The number of benzene rings is 14. The van der Waals surface area contributed by atoms with Crippen molar-refractivity contribution >= 4 is 43.4 Å². The van der Waals surface area contributed by atoms with Gasteiger partial charge in [-0.1, -0.05) is 396 Å². The highest BCUT2D eigenvalue weighted by molar-refractivity contribution is 5.83. The van der Waals surface area contributed by atoms with Crippen LogP contribution in [0.1, 0.15) is 91.2 Å². The van der Waals surface area contributed by atoms with Crippen LogP contribution in [0.3, 0.4) is 0 Å². The maximum Gasteiger partial charge on any atom is 0.127 e. The topological polar surface area (TPSA) is 50.8 Å². The van der Waals surface area contributed by atoms with Crippen LogP contribution in [0.15, 0.2) is 437 Å². The summed E-state index contributed by atoms with van der Waals surface area (Å²) in [4.78, 5) is 11.3.